The fourth-order valence-electron chi connectivity index (χ4n) is 2.95. The highest BCUT2D eigenvalue weighted by Crippen LogP contribution is 2.31. The van der Waals surface area contributed by atoms with Gasteiger partial charge in [-0.05, 0) is 49.4 Å². The average molecular weight is 377 g/mol. The van der Waals surface area contributed by atoms with Crippen molar-refractivity contribution in [3.05, 3.63) is 59.8 Å². The molecule has 6 heteroatoms. The Kier molecular flexibility index (Phi) is 5.97. The van der Waals surface area contributed by atoms with Crippen LogP contribution in [0.1, 0.15) is 57.2 Å². The average Bonchev–Trinajstić information content (AvgIpc) is 2.52. The second kappa shape index (κ2) is 7.71. The lowest BCUT2D eigenvalue weighted by atomic mass is 9.90. The molecule has 1 N–H and O–H groups in total. The van der Waals surface area contributed by atoms with Crippen molar-refractivity contribution in [2.75, 3.05) is 0 Å². The molecule has 2 aromatic heterocycles. The van der Waals surface area contributed by atoms with Crippen LogP contribution in [-0.2, 0) is 6.18 Å². The van der Waals surface area contributed by atoms with Gasteiger partial charge in [0.2, 0.25) is 0 Å². The summed E-state index contributed by atoms with van der Waals surface area (Å²) in [6.45, 7) is 14.3. The van der Waals surface area contributed by atoms with Crippen LogP contribution in [0.25, 0.3) is 11.1 Å². The van der Waals surface area contributed by atoms with Crippen LogP contribution in [0.2, 0.25) is 0 Å². The van der Waals surface area contributed by atoms with Crippen LogP contribution in [0.5, 0.6) is 0 Å². The zero-order valence-electron chi connectivity index (χ0n) is 16.4. The number of hydrogen-bond acceptors (Lipinski definition) is 3. The van der Waals surface area contributed by atoms with Crippen molar-refractivity contribution < 1.29 is 13.2 Å². The zero-order valence-corrected chi connectivity index (χ0v) is 16.4. The van der Waals surface area contributed by atoms with Crippen LogP contribution >= 0.6 is 0 Å². The molecule has 0 spiro atoms. The third-order valence-electron chi connectivity index (χ3n) is 4.08. The fraction of sp³-hybridized carbons (Fsp3) is 0.429. The zero-order chi connectivity index (χ0) is 20.4. The molecule has 1 unspecified atom stereocenters. The molecule has 0 aliphatic heterocycles. The molecule has 0 amide bonds. The summed E-state index contributed by atoms with van der Waals surface area (Å²) in [4.78, 5) is 7.99. The van der Waals surface area contributed by atoms with Gasteiger partial charge in [-0.15, -0.1) is 0 Å². The molecule has 0 bridgehead atoms. The Morgan fingerprint density at radius 3 is 2.41 bits per heavy atom. The van der Waals surface area contributed by atoms with Crippen molar-refractivity contribution >= 4 is 0 Å². The van der Waals surface area contributed by atoms with E-state index < -0.39 is 11.9 Å². The summed E-state index contributed by atoms with van der Waals surface area (Å²) in [5.41, 5.74) is 2.76. The minimum atomic E-state index is -4.47. The van der Waals surface area contributed by atoms with Gasteiger partial charge < -0.3 is 5.32 Å². The van der Waals surface area contributed by atoms with Crippen LogP contribution in [0.3, 0.4) is 0 Å². The molecule has 0 radical (unpaired) electrons. The highest BCUT2D eigenvalue weighted by Gasteiger charge is 2.32. The van der Waals surface area contributed by atoms with E-state index in [0.717, 1.165) is 23.9 Å². The van der Waals surface area contributed by atoms with Crippen molar-refractivity contribution in [2.45, 2.75) is 53.3 Å². The Labute approximate surface area is 158 Å². The van der Waals surface area contributed by atoms with Gasteiger partial charge in [0.1, 0.15) is 5.69 Å². The molecule has 1 atom stereocenters. The summed E-state index contributed by atoms with van der Waals surface area (Å²) < 4.78 is 38.7. The summed E-state index contributed by atoms with van der Waals surface area (Å²) in [5.74, 6) is 0. The van der Waals surface area contributed by atoms with Crippen LogP contribution in [0, 0.1) is 12.3 Å². The van der Waals surface area contributed by atoms with Crippen molar-refractivity contribution in [3.63, 3.8) is 0 Å². The van der Waals surface area contributed by atoms with Crippen molar-refractivity contribution in [1.82, 2.24) is 15.3 Å². The SMILES string of the molecule is C=C(CC(C)(C)C)NC(C)c1ccc(-c2ccnc(C(F)(F)F)c2)c(C)n1. The standard InChI is InChI=1S/C21H26F3N3/c1-13(12-20(4,5)6)26-15(3)18-8-7-17(14(2)27-18)16-9-10-25-19(11-16)21(22,23)24/h7-11,15,26H,1,12H2,2-6H3. The number of nitrogens with zero attached hydrogens (tertiary/aromatic N) is 2. The number of aromatic nitrogens is 2. The molecule has 0 saturated heterocycles. The van der Waals surface area contributed by atoms with E-state index in [1.165, 1.54) is 6.20 Å². The Balaban J connectivity index is 2.22. The highest BCUT2D eigenvalue weighted by molar-refractivity contribution is 5.66. The Bertz CT molecular complexity index is 820. The number of halogens is 3. The van der Waals surface area contributed by atoms with Gasteiger partial charge in [0, 0.05) is 23.2 Å². The third kappa shape index (κ3) is 5.81. The molecule has 2 rings (SSSR count). The van der Waals surface area contributed by atoms with E-state index >= 15 is 0 Å². The van der Waals surface area contributed by atoms with Gasteiger partial charge in [0.25, 0.3) is 0 Å². The number of rotatable bonds is 5. The number of aryl methyl sites for hydroxylation is 1. The molecule has 146 valence electrons. The number of pyridine rings is 2. The molecular weight excluding hydrogens is 351 g/mol. The van der Waals surface area contributed by atoms with Gasteiger partial charge in [-0.2, -0.15) is 13.2 Å². The number of allylic oxidation sites excluding steroid dienone is 1. The Morgan fingerprint density at radius 1 is 1.19 bits per heavy atom. The summed E-state index contributed by atoms with van der Waals surface area (Å²) >= 11 is 0. The molecular formula is C21H26F3N3. The summed E-state index contributed by atoms with van der Waals surface area (Å²) in [5, 5.41) is 3.35. The quantitative estimate of drug-likeness (QED) is 0.687. The van der Waals surface area contributed by atoms with Gasteiger partial charge in [-0.1, -0.05) is 33.4 Å². The summed E-state index contributed by atoms with van der Waals surface area (Å²) in [6, 6.07) is 6.20. The minimum Gasteiger partial charge on any atom is -0.381 e. The van der Waals surface area contributed by atoms with Gasteiger partial charge in [0.05, 0.1) is 11.7 Å². The number of nitrogens with one attached hydrogen (secondary N) is 1. The molecule has 2 heterocycles. The van der Waals surface area contributed by atoms with Crippen molar-refractivity contribution in [2.24, 2.45) is 5.41 Å². The van der Waals surface area contributed by atoms with E-state index in [4.69, 9.17) is 0 Å². The predicted octanol–water partition coefficient (Wildman–Crippen LogP) is 6.07. The van der Waals surface area contributed by atoms with Crippen LogP contribution in [0.15, 0.2) is 42.7 Å². The highest BCUT2D eigenvalue weighted by atomic mass is 19.4. The van der Waals surface area contributed by atoms with E-state index in [-0.39, 0.29) is 11.5 Å². The van der Waals surface area contributed by atoms with Gasteiger partial charge in [-0.3, -0.25) is 9.97 Å². The number of hydrogen-bond donors (Lipinski definition) is 1. The maximum atomic E-state index is 12.9. The molecule has 0 saturated carbocycles. The fourth-order valence-corrected chi connectivity index (χ4v) is 2.95. The predicted molar refractivity (Wildman–Crippen MR) is 102 cm³/mol. The topological polar surface area (TPSA) is 37.8 Å². The van der Waals surface area contributed by atoms with Gasteiger partial charge in [0.15, 0.2) is 0 Å². The Morgan fingerprint density at radius 2 is 1.85 bits per heavy atom. The van der Waals surface area contributed by atoms with E-state index in [9.17, 15) is 13.2 Å². The second-order valence-electron chi connectivity index (χ2n) is 8.00. The first kappa shape index (κ1) is 20.9. The Hall–Kier alpha value is -2.37. The van der Waals surface area contributed by atoms with E-state index in [2.05, 4.69) is 42.6 Å². The lowest BCUT2D eigenvalue weighted by Crippen LogP contribution is -2.22. The summed E-state index contributed by atoms with van der Waals surface area (Å²) in [6.07, 6.45) is -2.46. The van der Waals surface area contributed by atoms with Crippen molar-refractivity contribution in [1.29, 1.82) is 0 Å². The van der Waals surface area contributed by atoms with E-state index in [1.807, 2.05) is 13.0 Å². The first-order chi connectivity index (χ1) is 12.4. The summed E-state index contributed by atoms with van der Waals surface area (Å²) in [7, 11) is 0. The minimum absolute atomic E-state index is 0.0456. The lowest BCUT2D eigenvalue weighted by Gasteiger charge is -2.24. The monoisotopic (exact) mass is 377 g/mol. The van der Waals surface area contributed by atoms with Gasteiger partial charge in [-0.25, -0.2) is 0 Å². The molecule has 2 aromatic rings. The van der Waals surface area contributed by atoms with E-state index in [1.54, 1.807) is 19.1 Å². The molecule has 0 fully saturated rings. The van der Waals surface area contributed by atoms with Crippen LogP contribution in [-0.4, -0.2) is 9.97 Å². The smallest absolute Gasteiger partial charge is 0.381 e. The first-order valence-corrected chi connectivity index (χ1v) is 8.82. The molecule has 0 aliphatic rings. The van der Waals surface area contributed by atoms with Gasteiger partial charge >= 0.3 is 6.18 Å². The first-order valence-electron chi connectivity index (χ1n) is 8.82. The second-order valence-corrected chi connectivity index (χ2v) is 8.00. The lowest BCUT2D eigenvalue weighted by molar-refractivity contribution is -0.141. The van der Waals surface area contributed by atoms with Crippen LogP contribution < -0.4 is 5.32 Å². The third-order valence-corrected chi connectivity index (χ3v) is 4.08. The molecule has 3 nitrogen and oxygen atoms in total. The number of alkyl halides is 3. The largest absolute Gasteiger partial charge is 0.433 e. The van der Waals surface area contributed by atoms with Crippen LogP contribution in [0.4, 0.5) is 13.2 Å². The normalized spacial score (nSPS) is 13.3. The molecule has 27 heavy (non-hydrogen) atoms. The maximum Gasteiger partial charge on any atom is 0.433 e. The van der Waals surface area contributed by atoms with Crippen molar-refractivity contribution in [3.8, 4) is 11.1 Å². The van der Waals surface area contributed by atoms with E-state index in [0.29, 0.717) is 16.8 Å². The molecule has 0 aliphatic carbocycles. The molecule has 0 aromatic carbocycles. The maximum absolute atomic E-state index is 12.9.